The van der Waals surface area contributed by atoms with Gasteiger partial charge in [-0.2, -0.15) is 0 Å². The Morgan fingerprint density at radius 1 is 0.786 bits per heavy atom. The molecule has 5 heteroatoms. The second-order valence-electron chi connectivity index (χ2n) is 6.38. The number of rotatable bonds is 7. The van der Waals surface area contributed by atoms with Crippen LogP contribution < -0.4 is 10.2 Å². The van der Waals surface area contributed by atoms with Gasteiger partial charge in [0.2, 0.25) is 0 Å². The number of nitrogens with one attached hydrogen (secondary N) is 1. The first kappa shape index (κ1) is 17.7. The lowest BCUT2D eigenvalue weighted by atomic mass is 10.2. The second kappa shape index (κ2) is 8.77. The number of anilines is 3. The molecule has 0 atom stereocenters. The zero-order valence-corrected chi connectivity index (χ0v) is 15.4. The fourth-order valence-electron chi connectivity index (χ4n) is 2.97. The highest BCUT2D eigenvalue weighted by Crippen LogP contribution is 2.26. The van der Waals surface area contributed by atoms with E-state index in [4.69, 9.17) is 0 Å². The summed E-state index contributed by atoms with van der Waals surface area (Å²) in [5.74, 6) is 1.63. The third kappa shape index (κ3) is 4.51. The van der Waals surface area contributed by atoms with Crippen LogP contribution in [0.25, 0.3) is 0 Å². The molecule has 4 rings (SSSR count). The summed E-state index contributed by atoms with van der Waals surface area (Å²) in [6, 6.07) is 26.6. The molecule has 0 saturated carbocycles. The van der Waals surface area contributed by atoms with Gasteiger partial charge in [0.1, 0.15) is 18.0 Å². The topological polar surface area (TPSA) is 53.9 Å². The van der Waals surface area contributed by atoms with E-state index in [-0.39, 0.29) is 0 Å². The average Bonchev–Trinajstić information content (AvgIpc) is 2.78. The smallest absolute Gasteiger partial charge is 0.138 e. The second-order valence-corrected chi connectivity index (χ2v) is 6.38. The van der Waals surface area contributed by atoms with Crippen LogP contribution in [0.4, 0.5) is 17.3 Å². The minimum atomic E-state index is 0.661. The number of aromatic nitrogens is 3. The van der Waals surface area contributed by atoms with Gasteiger partial charge in [-0.3, -0.25) is 4.98 Å². The number of hydrogen-bond donors (Lipinski definition) is 1. The first-order valence-corrected chi connectivity index (χ1v) is 9.20. The monoisotopic (exact) mass is 367 g/mol. The Hall–Kier alpha value is -3.73. The number of hydrogen-bond acceptors (Lipinski definition) is 5. The Balaban J connectivity index is 1.59. The summed E-state index contributed by atoms with van der Waals surface area (Å²) in [6.07, 6.45) is 5.22. The summed E-state index contributed by atoms with van der Waals surface area (Å²) in [5.41, 5.74) is 3.41. The summed E-state index contributed by atoms with van der Waals surface area (Å²) in [4.78, 5) is 15.2. The SMILES string of the molecule is c1ccc(CN(c2ccccc2)c2cc(NCc3cccnc3)ncn2)cc1. The van der Waals surface area contributed by atoms with Crippen molar-refractivity contribution in [2.24, 2.45) is 0 Å². The summed E-state index contributed by atoms with van der Waals surface area (Å²) >= 11 is 0. The van der Waals surface area contributed by atoms with Gasteiger partial charge in [0, 0.05) is 37.2 Å². The molecule has 0 saturated heterocycles. The van der Waals surface area contributed by atoms with E-state index in [2.05, 4.69) is 61.6 Å². The van der Waals surface area contributed by atoms with Gasteiger partial charge in [-0.25, -0.2) is 9.97 Å². The van der Waals surface area contributed by atoms with E-state index in [1.807, 2.05) is 48.7 Å². The highest BCUT2D eigenvalue weighted by atomic mass is 15.2. The van der Waals surface area contributed by atoms with E-state index in [1.165, 1.54) is 5.56 Å². The molecule has 0 aliphatic rings. The van der Waals surface area contributed by atoms with Crippen molar-refractivity contribution >= 4 is 17.3 Å². The lowest BCUT2D eigenvalue weighted by Gasteiger charge is -2.24. The van der Waals surface area contributed by atoms with Crippen LogP contribution in [0.1, 0.15) is 11.1 Å². The van der Waals surface area contributed by atoms with E-state index in [9.17, 15) is 0 Å². The van der Waals surface area contributed by atoms with Crippen molar-refractivity contribution in [3.8, 4) is 0 Å². The molecule has 0 amide bonds. The highest BCUT2D eigenvalue weighted by molar-refractivity contribution is 5.62. The summed E-state index contributed by atoms with van der Waals surface area (Å²) < 4.78 is 0. The first-order chi connectivity index (χ1) is 13.9. The maximum absolute atomic E-state index is 4.53. The molecular formula is C23H21N5. The lowest BCUT2D eigenvalue weighted by molar-refractivity contribution is 0.935. The van der Waals surface area contributed by atoms with Crippen molar-refractivity contribution in [1.82, 2.24) is 15.0 Å². The summed E-state index contributed by atoms with van der Waals surface area (Å²) in [5, 5.41) is 3.35. The van der Waals surface area contributed by atoms with E-state index in [1.54, 1.807) is 12.5 Å². The maximum atomic E-state index is 4.53. The number of benzene rings is 2. The van der Waals surface area contributed by atoms with Crippen molar-refractivity contribution in [3.05, 3.63) is 109 Å². The van der Waals surface area contributed by atoms with E-state index >= 15 is 0 Å². The van der Waals surface area contributed by atoms with Gasteiger partial charge in [-0.15, -0.1) is 0 Å². The molecular weight excluding hydrogens is 346 g/mol. The predicted octanol–water partition coefficient (Wildman–Crippen LogP) is 4.82. The predicted molar refractivity (Wildman–Crippen MR) is 112 cm³/mol. The largest absolute Gasteiger partial charge is 0.366 e. The Kier molecular flexibility index (Phi) is 5.54. The van der Waals surface area contributed by atoms with Gasteiger partial charge in [-0.1, -0.05) is 54.6 Å². The average molecular weight is 367 g/mol. The first-order valence-electron chi connectivity index (χ1n) is 9.20. The molecule has 138 valence electrons. The molecule has 0 fully saturated rings. The third-order valence-corrected chi connectivity index (χ3v) is 4.38. The van der Waals surface area contributed by atoms with Crippen molar-refractivity contribution < 1.29 is 0 Å². The van der Waals surface area contributed by atoms with Gasteiger partial charge in [0.05, 0.1) is 0 Å². The molecule has 2 aromatic heterocycles. The van der Waals surface area contributed by atoms with Crippen molar-refractivity contribution in [2.75, 3.05) is 10.2 Å². The van der Waals surface area contributed by atoms with Gasteiger partial charge in [0.25, 0.3) is 0 Å². The minimum absolute atomic E-state index is 0.661. The zero-order chi connectivity index (χ0) is 19.0. The Morgan fingerprint density at radius 3 is 2.29 bits per heavy atom. The summed E-state index contributed by atoms with van der Waals surface area (Å²) in [7, 11) is 0. The Morgan fingerprint density at radius 2 is 1.54 bits per heavy atom. The van der Waals surface area contributed by atoms with Crippen LogP contribution in [0.2, 0.25) is 0 Å². The van der Waals surface area contributed by atoms with E-state index < -0.39 is 0 Å². The molecule has 4 aromatic rings. The minimum Gasteiger partial charge on any atom is -0.366 e. The molecule has 0 radical (unpaired) electrons. The third-order valence-electron chi connectivity index (χ3n) is 4.38. The molecule has 28 heavy (non-hydrogen) atoms. The van der Waals surface area contributed by atoms with Gasteiger partial charge >= 0.3 is 0 Å². The standard InChI is InChI=1S/C23H21N5/c1-3-8-19(9-4-1)17-28(21-11-5-2-6-12-21)23-14-22(26-18-27-23)25-16-20-10-7-13-24-15-20/h1-15,18H,16-17H2,(H,25,26,27). The quantitative estimate of drug-likeness (QED) is 0.507. The molecule has 0 bridgehead atoms. The molecule has 0 unspecified atom stereocenters. The molecule has 5 nitrogen and oxygen atoms in total. The maximum Gasteiger partial charge on any atom is 0.138 e. The molecule has 1 N–H and O–H groups in total. The number of pyridine rings is 1. The zero-order valence-electron chi connectivity index (χ0n) is 15.4. The Labute approximate surface area is 164 Å². The van der Waals surface area contributed by atoms with Gasteiger partial charge in [0.15, 0.2) is 0 Å². The number of para-hydroxylation sites is 1. The van der Waals surface area contributed by atoms with Crippen LogP contribution in [0.3, 0.4) is 0 Å². The van der Waals surface area contributed by atoms with Crippen LogP contribution in [0, 0.1) is 0 Å². The normalized spacial score (nSPS) is 10.4. The van der Waals surface area contributed by atoms with E-state index in [0.717, 1.165) is 29.4 Å². The molecule has 0 aliphatic heterocycles. The molecule has 0 aliphatic carbocycles. The summed E-state index contributed by atoms with van der Waals surface area (Å²) in [6.45, 7) is 1.39. The van der Waals surface area contributed by atoms with Crippen LogP contribution in [-0.2, 0) is 13.1 Å². The van der Waals surface area contributed by atoms with Gasteiger partial charge in [-0.05, 0) is 29.3 Å². The Bertz CT molecular complexity index is 991. The van der Waals surface area contributed by atoms with Crippen molar-refractivity contribution in [3.63, 3.8) is 0 Å². The molecule has 2 aromatic carbocycles. The van der Waals surface area contributed by atoms with Crippen molar-refractivity contribution in [1.29, 1.82) is 0 Å². The number of nitrogens with zero attached hydrogens (tertiary/aromatic N) is 4. The van der Waals surface area contributed by atoms with Crippen LogP contribution in [0.15, 0.2) is 97.6 Å². The fourth-order valence-corrected chi connectivity index (χ4v) is 2.97. The molecule has 2 heterocycles. The van der Waals surface area contributed by atoms with Crippen LogP contribution in [0.5, 0.6) is 0 Å². The van der Waals surface area contributed by atoms with E-state index in [0.29, 0.717) is 6.54 Å². The lowest BCUT2D eigenvalue weighted by Crippen LogP contribution is -2.18. The van der Waals surface area contributed by atoms with Crippen LogP contribution >= 0.6 is 0 Å². The van der Waals surface area contributed by atoms with Gasteiger partial charge < -0.3 is 10.2 Å². The molecule has 0 spiro atoms. The highest BCUT2D eigenvalue weighted by Gasteiger charge is 2.12. The van der Waals surface area contributed by atoms with Crippen molar-refractivity contribution in [2.45, 2.75) is 13.1 Å². The van der Waals surface area contributed by atoms with Crippen LogP contribution in [-0.4, -0.2) is 15.0 Å². The fraction of sp³-hybridized carbons (Fsp3) is 0.0870.